The number of benzene rings is 2. The van der Waals surface area contributed by atoms with Gasteiger partial charge in [0.25, 0.3) is 5.56 Å². The second-order valence-electron chi connectivity index (χ2n) is 5.10. The summed E-state index contributed by atoms with van der Waals surface area (Å²) in [6.45, 7) is 2.05. The lowest BCUT2D eigenvalue weighted by molar-refractivity contribution is 0.887. The van der Waals surface area contributed by atoms with Crippen LogP contribution in [0.4, 0.5) is 0 Å². The maximum Gasteiger partial charge on any atom is 0.276 e. The number of hydrogen-bond donors (Lipinski definition) is 0. The Kier molecular flexibility index (Phi) is 3.40. The lowest BCUT2D eigenvalue weighted by Crippen LogP contribution is -2.21. The summed E-state index contributed by atoms with van der Waals surface area (Å²) in [6, 6.07) is 15.8. The molecule has 0 aliphatic carbocycles. The van der Waals surface area contributed by atoms with Crippen LogP contribution in [0.3, 0.4) is 0 Å². The van der Waals surface area contributed by atoms with Crippen molar-refractivity contribution in [2.24, 2.45) is 7.05 Å². The van der Waals surface area contributed by atoms with Crippen LogP contribution in [0.2, 0.25) is 0 Å². The van der Waals surface area contributed by atoms with E-state index in [4.69, 9.17) is 0 Å². The summed E-state index contributed by atoms with van der Waals surface area (Å²) >= 11 is 0. The average Bonchev–Trinajstić information content (AvgIpc) is 2.50. The minimum atomic E-state index is -0.0856. The normalized spacial score (nSPS) is 11.3. The molecule has 0 aliphatic rings. The minimum absolute atomic E-state index is 0.0856. The third-order valence-electron chi connectivity index (χ3n) is 3.48. The maximum atomic E-state index is 12.3. The van der Waals surface area contributed by atoms with E-state index in [0.29, 0.717) is 5.69 Å². The Hall–Kier alpha value is -2.68. The van der Waals surface area contributed by atoms with E-state index in [1.807, 2.05) is 55.5 Å². The van der Waals surface area contributed by atoms with Crippen molar-refractivity contribution in [1.82, 2.24) is 9.55 Å². The minimum Gasteiger partial charge on any atom is -0.308 e. The molecule has 0 radical (unpaired) electrons. The first-order valence-corrected chi connectivity index (χ1v) is 6.86. The molecule has 3 heteroatoms. The number of aryl methyl sites for hydroxylation is 2. The molecule has 0 spiro atoms. The second-order valence-corrected chi connectivity index (χ2v) is 5.10. The van der Waals surface area contributed by atoms with E-state index in [-0.39, 0.29) is 5.56 Å². The maximum absolute atomic E-state index is 12.3. The monoisotopic (exact) mass is 276 g/mol. The Labute approximate surface area is 123 Å². The van der Waals surface area contributed by atoms with Gasteiger partial charge in [0.1, 0.15) is 5.69 Å². The quantitative estimate of drug-likeness (QED) is 0.719. The lowest BCUT2D eigenvalue weighted by Gasteiger charge is -2.05. The summed E-state index contributed by atoms with van der Waals surface area (Å²) in [5.41, 5.74) is 4.29. The summed E-state index contributed by atoms with van der Waals surface area (Å²) < 4.78 is 1.64. The summed E-state index contributed by atoms with van der Waals surface area (Å²) in [7, 11) is 1.77. The molecule has 0 saturated heterocycles. The summed E-state index contributed by atoms with van der Waals surface area (Å²) in [5.74, 6) is 0. The zero-order valence-electron chi connectivity index (χ0n) is 12.1. The molecule has 0 atom stereocenters. The molecule has 0 aliphatic heterocycles. The molecule has 104 valence electrons. The van der Waals surface area contributed by atoms with Crippen molar-refractivity contribution in [3.8, 4) is 0 Å². The molecule has 0 unspecified atom stereocenters. The van der Waals surface area contributed by atoms with Crippen molar-refractivity contribution >= 4 is 23.2 Å². The number of hydrogen-bond acceptors (Lipinski definition) is 2. The van der Waals surface area contributed by atoms with Crippen LogP contribution in [-0.4, -0.2) is 9.55 Å². The zero-order chi connectivity index (χ0) is 14.8. The van der Waals surface area contributed by atoms with E-state index in [9.17, 15) is 4.79 Å². The second kappa shape index (κ2) is 5.37. The first kappa shape index (κ1) is 13.3. The van der Waals surface area contributed by atoms with Crippen LogP contribution in [-0.2, 0) is 7.05 Å². The van der Waals surface area contributed by atoms with Crippen LogP contribution in [0.5, 0.6) is 0 Å². The molecular weight excluding hydrogens is 260 g/mol. The molecule has 3 nitrogen and oxygen atoms in total. The molecular formula is C18H16N2O. The van der Waals surface area contributed by atoms with Crippen molar-refractivity contribution in [3.63, 3.8) is 0 Å². The predicted octanol–water partition coefficient (Wildman–Crippen LogP) is 3.41. The van der Waals surface area contributed by atoms with Crippen LogP contribution in [0.1, 0.15) is 16.8 Å². The molecule has 0 bridgehead atoms. The Bertz CT molecular complexity index is 891. The molecule has 1 heterocycles. The van der Waals surface area contributed by atoms with Crippen LogP contribution in [0.15, 0.2) is 53.3 Å². The Morgan fingerprint density at radius 2 is 1.86 bits per heavy atom. The molecule has 0 amide bonds. The fourth-order valence-corrected chi connectivity index (χ4v) is 2.36. The van der Waals surface area contributed by atoms with Gasteiger partial charge in [-0.25, -0.2) is 4.98 Å². The van der Waals surface area contributed by atoms with Gasteiger partial charge in [0, 0.05) is 7.05 Å². The van der Waals surface area contributed by atoms with Crippen molar-refractivity contribution < 1.29 is 0 Å². The number of rotatable bonds is 2. The third kappa shape index (κ3) is 2.63. The number of nitrogens with zero attached hydrogens (tertiary/aromatic N) is 2. The highest BCUT2D eigenvalue weighted by Crippen LogP contribution is 2.11. The Morgan fingerprint density at radius 3 is 2.67 bits per heavy atom. The Balaban J connectivity index is 2.09. The number of aromatic nitrogens is 2. The molecule has 0 N–H and O–H groups in total. The average molecular weight is 276 g/mol. The van der Waals surface area contributed by atoms with E-state index in [2.05, 4.69) is 11.1 Å². The lowest BCUT2D eigenvalue weighted by atomic mass is 10.1. The van der Waals surface area contributed by atoms with E-state index in [1.165, 1.54) is 5.56 Å². The highest BCUT2D eigenvalue weighted by Gasteiger charge is 2.05. The molecule has 3 aromatic rings. The SMILES string of the molecule is Cc1cccc(/C=C/c2nc3ccccc3n(C)c2=O)c1. The van der Waals surface area contributed by atoms with Gasteiger partial charge in [-0.1, -0.05) is 48.0 Å². The highest BCUT2D eigenvalue weighted by atomic mass is 16.1. The van der Waals surface area contributed by atoms with Crippen molar-refractivity contribution in [1.29, 1.82) is 0 Å². The van der Waals surface area contributed by atoms with Crippen LogP contribution in [0, 0.1) is 6.92 Å². The van der Waals surface area contributed by atoms with Crippen LogP contribution in [0.25, 0.3) is 23.2 Å². The molecule has 3 rings (SSSR count). The topological polar surface area (TPSA) is 34.9 Å². The summed E-state index contributed by atoms with van der Waals surface area (Å²) in [6.07, 6.45) is 3.70. The fourth-order valence-electron chi connectivity index (χ4n) is 2.36. The Morgan fingerprint density at radius 1 is 1.05 bits per heavy atom. The smallest absolute Gasteiger partial charge is 0.276 e. The van der Waals surface area contributed by atoms with E-state index >= 15 is 0 Å². The van der Waals surface area contributed by atoms with Gasteiger partial charge in [0.2, 0.25) is 0 Å². The van der Waals surface area contributed by atoms with E-state index in [1.54, 1.807) is 17.7 Å². The third-order valence-corrected chi connectivity index (χ3v) is 3.48. The molecule has 21 heavy (non-hydrogen) atoms. The fraction of sp³-hybridized carbons (Fsp3) is 0.111. The molecule has 2 aromatic carbocycles. The van der Waals surface area contributed by atoms with Gasteiger partial charge >= 0.3 is 0 Å². The van der Waals surface area contributed by atoms with Crippen LogP contribution < -0.4 is 5.56 Å². The largest absolute Gasteiger partial charge is 0.308 e. The number of fused-ring (bicyclic) bond motifs is 1. The molecule has 1 aromatic heterocycles. The van der Waals surface area contributed by atoms with Gasteiger partial charge in [-0.05, 0) is 30.7 Å². The predicted molar refractivity (Wildman–Crippen MR) is 87.1 cm³/mol. The van der Waals surface area contributed by atoms with Gasteiger partial charge in [-0.3, -0.25) is 4.79 Å². The molecule has 0 saturated carbocycles. The van der Waals surface area contributed by atoms with E-state index < -0.39 is 0 Å². The van der Waals surface area contributed by atoms with E-state index in [0.717, 1.165) is 16.6 Å². The molecule has 0 fully saturated rings. The van der Waals surface area contributed by atoms with Crippen molar-refractivity contribution in [2.75, 3.05) is 0 Å². The van der Waals surface area contributed by atoms with Gasteiger partial charge in [0.15, 0.2) is 0 Å². The number of para-hydroxylation sites is 2. The zero-order valence-corrected chi connectivity index (χ0v) is 12.1. The summed E-state index contributed by atoms with van der Waals surface area (Å²) in [5, 5.41) is 0. The summed E-state index contributed by atoms with van der Waals surface area (Å²) in [4.78, 5) is 16.8. The standard InChI is InChI=1S/C18H16N2O/c1-13-6-5-7-14(12-13)10-11-16-18(21)20(2)17-9-4-3-8-15(17)19-16/h3-12H,1-2H3/b11-10+. The van der Waals surface area contributed by atoms with Crippen LogP contribution >= 0.6 is 0 Å². The van der Waals surface area contributed by atoms with Gasteiger partial charge in [-0.2, -0.15) is 0 Å². The van der Waals surface area contributed by atoms with Gasteiger partial charge in [-0.15, -0.1) is 0 Å². The highest BCUT2D eigenvalue weighted by molar-refractivity contribution is 5.77. The van der Waals surface area contributed by atoms with Crippen molar-refractivity contribution in [2.45, 2.75) is 6.92 Å². The first-order valence-electron chi connectivity index (χ1n) is 6.86. The first-order chi connectivity index (χ1) is 10.1. The van der Waals surface area contributed by atoms with Crippen molar-refractivity contribution in [3.05, 3.63) is 75.7 Å². The van der Waals surface area contributed by atoms with Gasteiger partial charge in [0.05, 0.1) is 11.0 Å². The van der Waals surface area contributed by atoms with Gasteiger partial charge < -0.3 is 4.57 Å².